The Labute approximate surface area is 205 Å². The number of nitrogens with one attached hydrogen (secondary N) is 4. The number of fused-ring (bicyclic) bond motifs is 1. The number of nitrogens with zero attached hydrogens (tertiary/aromatic N) is 3. The normalized spacial score (nSPS) is 19.7. The Morgan fingerprint density at radius 1 is 1.30 bits per heavy atom. The van der Waals surface area contributed by atoms with Crippen molar-refractivity contribution in [2.45, 2.75) is 45.7 Å². The van der Waals surface area contributed by atoms with Gasteiger partial charge < -0.3 is 26.2 Å². The molecule has 11 heteroatoms. The molecule has 0 aliphatic carbocycles. The topological polar surface area (TPSA) is 103 Å². The van der Waals surface area contributed by atoms with Crippen LogP contribution in [0.4, 0.5) is 4.79 Å². The van der Waals surface area contributed by atoms with Gasteiger partial charge in [-0.2, -0.15) is 5.10 Å². The number of hydrogen-bond donors (Lipinski definition) is 4. The highest BCUT2D eigenvalue weighted by Gasteiger charge is 2.22. The lowest BCUT2D eigenvalue weighted by molar-refractivity contribution is 0.0964. The Kier molecular flexibility index (Phi) is 7.40. The number of piperidine rings is 1. The average molecular weight is 537 g/mol. The molecular weight excluding hydrogens is 506 g/mol. The van der Waals surface area contributed by atoms with E-state index in [0.717, 1.165) is 34.5 Å². The summed E-state index contributed by atoms with van der Waals surface area (Å²) >= 11 is 4.87. The lowest BCUT2D eigenvalue weighted by atomic mass is 9.96. The maximum Gasteiger partial charge on any atom is 0.319 e. The summed E-state index contributed by atoms with van der Waals surface area (Å²) in [5.41, 5.74) is 1.77. The van der Waals surface area contributed by atoms with Crippen LogP contribution in [0.15, 0.2) is 39.9 Å². The second-order valence-electron chi connectivity index (χ2n) is 8.79. The average Bonchev–Trinajstić information content (AvgIpc) is 3.33. The van der Waals surface area contributed by atoms with E-state index in [2.05, 4.69) is 61.0 Å². The summed E-state index contributed by atoms with van der Waals surface area (Å²) in [4.78, 5) is 28.5. The summed E-state index contributed by atoms with van der Waals surface area (Å²) in [7, 11) is 0. The molecule has 1 fully saturated rings. The quantitative estimate of drug-likeness (QED) is 0.455. The van der Waals surface area contributed by atoms with E-state index in [0.29, 0.717) is 35.5 Å². The number of dihydropyridines is 1. The molecule has 4 heterocycles. The van der Waals surface area contributed by atoms with Crippen LogP contribution in [0, 0.1) is 5.92 Å². The Hall–Kier alpha value is -2.37. The molecule has 2 aliphatic heterocycles. The van der Waals surface area contributed by atoms with Crippen molar-refractivity contribution in [3.8, 4) is 0 Å². The SMILES string of the molecule is CC1NC=C(NC(=O)NCC2CCN(C(C)C)CC2)C=C1NC(=O)c1cnn2cc(Br)sc12. The minimum absolute atomic E-state index is 0.102. The van der Waals surface area contributed by atoms with Crippen LogP contribution >= 0.6 is 27.3 Å². The van der Waals surface area contributed by atoms with E-state index < -0.39 is 0 Å². The number of aromatic nitrogens is 2. The van der Waals surface area contributed by atoms with Crippen molar-refractivity contribution in [3.05, 3.63) is 45.4 Å². The highest BCUT2D eigenvalue weighted by molar-refractivity contribution is 9.11. The molecule has 4 rings (SSSR count). The van der Waals surface area contributed by atoms with E-state index in [1.807, 2.05) is 13.1 Å². The molecule has 2 aromatic heterocycles. The first-order valence-corrected chi connectivity index (χ1v) is 12.8. The predicted octanol–water partition coefficient (Wildman–Crippen LogP) is 3.02. The van der Waals surface area contributed by atoms with E-state index in [9.17, 15) is 9.59 Å². The van der Waals surface area contributed by atoms with Crippen LogP contribution in [0.5, 0.6) is 0 Å². The second-order valence-corrected chi connectivity index (χ2v) is 11.2. The van der Waals surface area contributed by atoms with Crippen LogP contribution < -0.4 is 21.3 Å². The Balaban J connectivity index is 1.30. The van der Waals surface area contributed by atoms with E-state index in [1.165, 1.54) is 11.3 Å². The number of urea groups is 1. The van der Waals surface area contributed by atoms with Gasteiger partial charge in [0, 0.05) is 24.5 Å². The van der Waals surface area contributed by atoms with E-state index in [1.54, 1.807) is 23.0 Å². The minimum Gasteiger partial charge on any atom is -0.381 e. The standard InChI is InChI=1S/C22H30BrN7O2S/c1-13(2)29-6-4-15(5-7-29)9-25-22(32)27-16-8-18(14(3)24-10-16)28-20(31)17-11-26-30-12-19(23)33-21(17)30/h8,10-15,24H,4-7,9H2,1-3H3,(H,28,31)(H2,25,27,32). The molecule has 0 aromatic carbocycles. The summed E-state index contributed by atoms with van der Waals surface area (Å²) in [6.45, 7) is 9.21. The first-order valence-electron chi connectivity index (χ1n) is 11.2. The smallest absolute Gasteiger partial charge is 0.319 e. The largest absolute Gasteiger partial charge is 0.381 e. The molecular formula is C22H30BrN7O2S. The van der Waals surface area contributed by atoms with Gasteiger partial charge in [-0.15, -0.1) is 11.3 Å². The molecule has 9 nitrogen and oxygen atoms in total. The fourth-order valence-electron chi connectivity index (χ4n) is 4.05. The van der Waals surface area contributed by atoms with Crippen LogP contribution in [0.25, 0.3) is 4.83 Å². The van der Waals surface area contributed by atoms with Gasteiger partial charge in [-0.05, 0) is 74.6 Å². The third kappa shape index (κ3) is 5.77. The maximum absolute atomic E-state index is 12.9. The molecule has 2 aliphatic rings. The zero-order chi connectivity index (χ0) is 23.5. The number of halogens is 1. The third-order valence-corrected chi connectivity index (χ3v) is 7.72. The summed E-state index contributed by atoms with van der Waals surface area (Å²) < 4.78 is 2.57. The van der Waals surface area contributed by atoms with Gasteiger partial charge in [0.2, 0.25) is 0 Å². The van der Waals surface area contributed by atoms with Crippen LogP contribution in [-0.4, -0.2) is 58.2 Å². The number of likely N-dealkylation sites (tertiary alicyclic amines) is 1. The Morgan fingerprint density at radius 3 is 2.79 bits per heavy atom. The minimum atomic E-state index is -0.243. The number of hydrogen-bond acceptors (Lipinski definition) is 6. The zero-order valence-corrected chi connectivity index (χ0v) is 21.4. The van der Waals surface area contributed by atoms with Gasteiger partial charge in [0.1, 0.15) is 4.83 Å². The van der Waals surface area contributed by atoms with Gasteiger partial charge in [0.15, 0.2) is 0 Å². The number of thiazole rings is 1. The Morgan fingerprint density at radius 2 is 2.06 bits per heavy atom. The van der Waals surface area contributed by atoms with Crippen molar-refractivity contribution in [3.63, 3.8) is 0 Å². The third-order valence-electron chi connectivity index (χ3n) is 6.13. The summed E-state index contributed by atoms with van der Waals surface area (Å²) in [6.07, 6.45) is 9.10. The molecule has 33 heavy (non-hydrogen) atoms. The molecule has 0 spiro atoms. The lowest BCUT2D eigenvalue weighted by Crippen LogP contribution is -2.44. The second kappa shape index (κ2) is 10.3. The monoisotopic (exact) mass is 535 g/mol. The van der Waals surface area contributed by atoms with Crippen molar-refractivity contribution in [2.75, 3.05) is 19.6 Å². The van der Waals surface area contributed by atoms with Crippen molar-refractivity contribution in [1.29, 1.82) is 0 Å². The molecule has 0 radical (unpaired) electrons. The molecule has 1 atom stereocenters. The van der Waals surface area contributed by atoms with Gasteiger partial charge in [0.05, 0.1) is 33.5 Å². The van der Waals surface area contributed by atoms with Crippen LogP contribution in [0.2, 0.25) is 0 Å². The first-order chi connectivity index (χ1) is 15.8. The fourth-order valence-corrected chi connectivity index (χ4v) is 5.49. The highest BCUT2D eigenvalue weighted by atomic mass is 79.9. The molecule has 1 saturated heterocycles. The number of allylic oxidation sites excluding steroid dienone is 1. The van der Waals surface area contributed by atoms with Crippen molar-refractivity contribution in [1.82, 2.24) is 35.8 Å². The summed E-state index contributed by atoms with van der Waals surface area (Å²) in [6, 6.07) is 0.228. The van der Waals surface area contributed by atoms with Gasteiger partial charge in [-0.3, -0.25) is 4.79 Å². The van der Waals surface area contributed by atoms with Crippen LogP contribution in [0.1, 0.15) is 44.0 Å². The number of carbonyl (C=O) groups excluding carboxylic acids is 2. The van der Waals surface area contributed by atoms with E-state index in [-0.39, 0.29) is 18.0 Å². The van der Waals surface area contributed by atoms with Crippen LogP contribution in [-0.2, 0) is 0 Å². The van der Waals surface area contributed by atoms with Crippen molar-refractivity contribution in [2.24, 2.45) is 5.92 Å². The van der Waals surface area contributed by atoms with Gasteiger partial charge >= 0.3 is 6.03 Å². The zero-order valence-electron chi connectivity index (χ0n) is 19.0. The Bertz CT molecular complexity index is 1080. The highest BCUT2D eigenvalue weighted by Crippen LogP contribution is 2.26. The fraction of sp³-hybridized carbons (Fsp3) is 0.500. The summed E-state index contributed by atoms with van der Waals surface area (Å²) in [5, 5.41) is 16.2. The molecule has 3 amide bonds. The van der Waals surface area contributed by atoms with Gasteiger partial charge in [-0.25, -0.2) is 9.31 Å². The molecule has 2 aromatic rings. The molecule has 0 saturated carbocycles. The van der Waals surface area contributed by atoms with Crippen LogP contribution in [0.3, 0.4) is 0 Å². The summed E-state index contributed by atoms with van der Waals surface area (Å²) in [5.74, 6) is 0.262. The van der Waals surface area contributed by atoms with Crippen molar-refractivity contribution < 1.29 is 9.59 Å². The molecule has 1 unspecified atom stereocenters. The van der Waals surface area contributed by atoms with Gasteiger partial charge in [-0.1, -0.05) is 0 Å². The number of rotatable bonds is 6. The molecule has 178 valence electrons. The van der Waals surface area contributed by atoms with Gasteiger partial charge in [0.25, 0.3) is 5.91 Å². The van der Waals surface area contributed by atoms with E-state index in [4.69, 9.17) is 0 Å². The first kappa shape index (κ1) is 23.8. The number of amides is 3. The number of carbonyl (C=O) groups is 2. The lowest BCUT2D eigenvalue weighted by Gasteiger charge is -2.34. The van der Waals surface area contributed by atoms with Crippen molar-refractivity contribution >= 4 is 44.0 Å². The maximum atomic E-state index is 12.9. The molecule has 4 N–H and O–H groups in total. The van der Waals surface area contributed by atoms with E-state index >= 15 is 0 Å². The molecule has 0 bridgehead atoms. The predicted molar refractivity (Wildman–Crippen MR) is 133 cm³/mol.